The van der Waals surface area contributed by atoms with Gasteiger partial charge in [0.05, 0.1) is 25.2 Å². The molecule has 1 saturated heterocycles. The number of fused-ring (bicyclic) bond motifs is 3. The molecule has 1 aliphatic heterocycles. The molecule has 0 amide bonds. The molecule has 2 aliphatic carbocycles. The lowest BCUT2D eigenvalue weighted by Gasteiger charge is -2.36. The molecule has 4 heteroatoms. The van der Waals surface area contributed by atoms with E-state index in [0.717, 1.165) is 24.8 Å². The monoisotopic (exact) mass is 282 g/mol. The molecule has 0 radical (unpaired) electrons. The molecule has 0 aromatic carbocycles. The summed E-state index contributed by atoms with van der Waals surface area (Å²) < 4.78 is 11.9. The number of hydrogen-bond donors (Lipinski definition) is 2. The average molecular weight is 282 g/mol. The Morgan fingerprint density at radius 3 is 2.50 bits per heavy atom. The standard InChI is InChI=1S/C16H26O4/c1-4-5-6-10-7-11-12(14(18)13(10)17)16(11)19-8-15(2,3)9-20-16/h7,11-14,17-18H,4-6,8-9H2,1-3H3/t11?,12?,13-,14?/m1/s1. The van der Waals surface area contributed by atoms with Crippen molar-refractivity contribution >= 4 is 0 Å². The van der Waals surface area contributed by atoms with Crippen molar-refractivity contribution in [3.05, 3.63) is 11.6 Å². The van der Waals surface area contributed by atoms with Gasteiger partial charge in [-0.2, -0.15) is 0 Å². The molecular formula is C16H26O4. The lowest BCUT2D eigenvalue weighted by Crippen LogP contribution is -2.43. The van der Waals surface area contributed by atoms with E-state index in [1.807, 2.05) is 0 Å². The van der Waals surface area contributed by atoms with Gasteiger partial charge in [-0.15, -0.1) is 0 Å². The third-order valence-electron chi connectivity index (χ3n) is 4.87. The Kier molecular flexibility index (Phi) is 3.49. The lowest BCUT2D eigenvalue weighted by atomic mass is 9.90. The Bertz CT molecular complexity index is 405. The van der Waals surface area contributed by atoms with E-state index < -0.39 is 18.0 Å². The molecule has 0 aromatic rings. The van der Waals surface area contributed by atoms with Crippen LogP contribution in [0, 0.1) is 17.3 Å². The van der Waals surface area contributed by atoms with Crippen molar-refractivity contribution in [3.63, 3.8) is 0 Å². The van der Waals surface area contributed by atoms with Crippen LogP contribution in [0.1, 0.15) is 40.0 Å². The molecule has 20 heavy (non-hydrogen) atoms. The first-order chi connectivity index (χ1) is 9.41. The van der Waals surface area contributed by atoms with Gasteiger partial charge in [0.2, 0.25) is 0 Å². The lowest BCUT2D eigenvalue weighted by molar-refractivity contribution is -0.259. The first-order valence-corrected chi connectivity index (χ1v) is 7.76. The quantitative estimate of drug-likeness (QED) is 0.776. The highest BCUT2D eigenvalue weighted by Crippen LogP contribution is 2.62. The Morgan fingerprint density at radius 1 is 1.25 bits per heavy atom. The zero-order valence-electron chi connectivity index (χ0n) is 12.6. The van der Waals surface area contributed by atoms with Crippen molar-refractivity contribution in [3.8, 4) is 0 Å². The van der Waals surface area contributed by atoms with Crippen molar-refractivity contribution in [1.82, 2.24) is 0 Å². The van der Waals surface area contributed by atoms with Gasteiger partial charge in [0.25, 0.3) is 0 Å². The minimum Gasteiger partial charge on any atom is -0.390 e. The Morgan fingerprint density at radius 2 is 1.90 bits per heavy atom. The SMILES string of the molecule is CCCCC1=CC2C(C(O)[C@@H]1O)C21OCC(C)(C)CO1. The largest absolute Gasteiger partial charge is 0.390 e. The van der Waals surface area contributed by atoms with Crippen molar-refractivity contribution in [1.29, 1.82) is 0 Å². The fourth-order valence-corrected chi connectivity index (χ4v) is 3.50. The van der Waals surface area contributed by atoms with E-state index in [2.05, 4.69) is 26.8 Å². The van der Waals surface area contributed by atoms with Crippen LogP contribution in [0.25, 0.3) is 0 Å². The van der Waals surface area contributed by atoms with Gasteiger partial charge in [-0.3, -0.25) is 0 Å². The highest BCUT2D eigenvalue weighted by molar-refractivity contribution is 5.31. The number of hydrogen-bond acceptors (Lipinski definition) is 4. The van der Waals surface area contributed by atoms with Crippen LogP contribution in [-0.2, 0) is 9.47 Å². The second kappa shape index (κ2) is 4.80. The maximum Gasteiger partial charge on any atom is 0.181 e. The van der Waals surface area contributed by atoms with Crippen LogP contribution in [0.15, 0.2) is 11.6 Å². The van der Waals surface area contributed by atoms with E-state index in [1.54, 1.807) is 0 Å². The number of aliphatic hydroxyl groups is 2. The third kappa shape index (κ3) is 2.13. The topological polar surface area (TPSA) is 58.9 Å². The van der Waals surface area contributed by atoms with Crippen LogP contribution in [0.4, 0.5) is 0 Å². The van der Waals surface area contributed by atoms with E-state index >= 15 is 0 Å². The molecule has 4 nitrogen and oxygen atoms in total. The van der Waals surface area contributed by atoms with E-state index in [9.17, 15) is 10.2 Å². The molecule has 3 aliphatic rings. The van der Waals surface area contributed by atoms with Crippen LogP contribution >= 0.6 is 0 Å². The minimum atomic E-state index is -0.766. The van der Waals surface area contributed by atoms with E-state index in [-0.39, 0.29) is 17.3 Å². The number of rotatable bonds is 3. The number of unbranched alkanes of at least 4 members (excludes halogenated alkanes) is 1. The average Bonchev–Trinajstić information content (AvgIpc) is 3.04. The molecule has 1 heterocycles. The summed E-state index contributed by atoms with van der Waals surface area (Å²) in [4.78, 5) is 0. The predicted molar refractivity (Wildman–Crippen MR) is 75.0 cm³/mol. The van der Waals surface area contributed by atoms with Crippen LogP contribution in [0.5, 0.6) is 0 Å². The van der Waals surface area contributed by atoms with Crippen molar-refractivity contribution in [2.75, 3.05) is 13.2 Å². The van der Waals surface area contributed by atoms with E-state index in [0.29, 0.717) is 13.2 Å². The molecular weight excluding hydrogens is 256 g/mol. The molecule has 3 rings (SSSR count). The number of aliphatic hydroxyl groups excluding tert-OH is 2. The fraction of sp³-hybridized carbons (Fsp3) is 0.875. The van der Waals surface area contributed by atoms with Gasteiger partial charge in [0, 0.05) is 11.3 Å². The van der Waals surface area contributed by atoms with E-state index in [4.69, 9.17) is 9.47 Å². The van der Waals surface area contributed by atoms with Gasteiger partial charge >= 0.3 is 0 Å². The van der Waals surface area contributed by atoms with Gasteiger partial charge in [0.1, 0.15) is 6.10 Å². The highest BCUT2D eigenvalue weighted by Gasteiger charge is 2.73. The van der Waals surface area contributed by atoms with Crippen LogP contribution in [-0.4, -0.2) is 41.4 Å². The summed E-state index contributed by atoms with van der Waals surface area (Å²) in [6.07, 6.45) is 3.53. The smallest absolute Gasteiger partial charge is 0.181 e. The first-order valence-electron chi connectivity index (χ1n) is 7.76. The summed E-state index contributed by atoms with van der Waals surface area (Å²) in [5, 5.41) is 20.6. The van der Waals surface area contributed by atoms with Gasteiger partial charge in [0.15, 0.2) is 5.79 Å². The molecule has 2 N–H and O–H groups in total. The zero-order chi connectivity index (χ0) is 14.5. The summed E-state index contributed by atoms with van der Waals surface area (Å²) in [5.41, 5.74) is 0.976. The highest BCUT2D eigenvalue weighted by atomic mass is 16.7. The third-order valence-corrected chi connectivity index (χ3v) is 4.87. The molecule has 0 bridgehead atoms. The molecule has 4 atom stereocenters. The van der Waals surface area contributed by atoms with Gasteiger partial charge in [-0.1, -0.05) is 33.3 Å². The summed E-state index contributed by atoms with van der Waals surface area (Å²) in [6.45, 7) is 7.63. The minimum absolute atomic E-state index is 0.0231. The maximum absolute atomic E-state index is 10.4. The number of ether oxygens (including phenoxy) is 2. The van der Waals surface area contributed by atoms with Crippen molar-refractivity contribution in [2.24, 2.45) is 17.3 Å². The molecule has 3 unspecified atom stereocenters. The Balaban J connectivity index is 1.75. The molecule has 114 valence electrons. The maximum atomic E-state index is 10.4. The predicted octanol–water partition coefficient (Wildman–Crippen LogP) is 1.85. The first kappa shape index (κ1) is 14.5. The summed E-state index contributed by atoms with van der Waals surface area (Å²) in [6, 6.07) is 0. The second-order valence-electron chi connectivity index (χ2n) is 7.30. The van der Waals surface area contributed by atoms with Crippen molar-refractivity contribution in [2.45, 2.75) is 58.0 Å². The van der Waals surface area contributed by atoms with Gasteiger partial charge in [-0.05, 0) is 18.4 Å². The fourth-order valence-electron chi connectivity index (χ4n) is 3.50. The van der Waals surface area contributed by atoms with Gasteiger partial charge in [-0.25, -0.2) is 0 Å². The Labute approximate surface area is 120 Å². The Hall–Kier alpha value is -0.420. The molecule has 1 saturated carbocycles. The van der Waals surface area contributed by atoms with Gasteiger partial charge < -0.3 is 19.7 Å². The summed E-state index contributed by atoms with van der Waals surface area (Å²) >= 11 is 0. The van der Waals surface area contributed by atoms with Crippen LogP contribution < -0.4 is 0 Å². The molecule has 0 aromatic heterocycles. The second-order valence-corrected chi connectivity index (χ2v) is 7.30. The molecule has 2 fully saturated rings. The summed E-state index contributed by atoms with van der Waals surface area (Å²) in [5.74, 6) is -0.688. The van der Waals surface area contributed by atoms with Crippen molar-refractivity contribution < 1.29 is 19.7 Å². The van der Waals surface area contributed by atoms with Crippen LogP contribution in [0.3, 0.4) is 0 Å². The molecule has 1 spiro atoms. The zero-order valence-corrected chi connectivity index (χ0v) is 12.6. The normalized spacial score (nSPS) is 41.1. The summed E-state index contributed by atoms with van der Waals surface area (Å²) in [7, 11) is 0. The van der Waals surface area contributed by atoms with Crippen LogP contribution in [0.2, 0.25) is 0 Å². The van der Waals surface area contributed by atoms with E-state index in [1.165, 1.54) is 0 Å².